The summed E-state index contributed by atoms with van der Waals surface area (Å²) >= 11 is 0. The number of benzene rings is 1. The van der Waals surface area contributed by atoms with Crippen molar-refractivity contribution in [3.63, 3.8) is 0 Å². The van der Waals surface area contributed by atoms with Crippen LogP contribution in [0.2, 0.25) is 0 Å². The number of para-hydroxylation sites is 1. The van der Waals surface area contributed by atoms with Crippen LogP contribution in [-0.4, -0.2) is 18.4 Å². The summed E-state index contributed by atoms with van der Waals surface area (Å²) in [6.45, 7) is 2.70. The second kappa shape index (κ2) is 6.50. The Morgan fingerprint density at radius 3 is 2.65 bits per heavy atom. The molecule has 1 aromatic carbocycles. The Hall–Kier alpha value is -1.91. The van der Waals surface area contributed by atoms with Crippen molar-refractivity contribution in [2.24, 2.45) is 11.8 Å². The van der Waals surface area contributed by atoms with Crippen LogP contribution in [0.4, 0.5) is 10.1 Å². The molecule has 1 aliphatic carbocycles. The normalized spacial score (nSPS) is 20.3. The lowest BCUT2D eigenvalue weighted by Crippen LogP contribution is -2.28. The lowest BCUT2D eigenvalue weighted by molar-refractivity contribution is -0.125. The summed E-state index contributed by atoms with van der Waals surface area (Å²) in [4.78, 5) is 23.7. The average Bonchev–Trinajstić information content (AvgIpc) is 3.22. The van der Waals surface area contributed by atoms with Gasteiger partial charge >= 0.3 is 0 Å². The van der Waals surface area contributed by atoms with Crippen LogP contribution in [0.3, 0.4) is 0 Å². The van der Waals surface area contributed by atoms with Gasteiger partial charge in [-0.25, -0.2) is 4.39 Å². The van der Waals surface area contributed by atoms with E-state index in [4.69, 9.17) is 0 Å². The van der Waals surface area contributed by atoms with Gasteiger partial charge in [-0.2, -0.15) is 0 Å². The predicted molar refractivity (Wildman–Crippen MR) is 74.5 cm³/mol. The molecule has 108 valence electrons. The van der Waals surface area contributed by atoms with Gasteiger partial charge in [-0.15, -0.1) is 0 Å². The van der Waals surface area contributed by atoms with Gasteiger partial charge in [0.15, 0.2) is 0 Å². The van der Waals surface area contributed by atoms with E-state index in [1.807, 2.05) is 6.92 Å². The van der Waals surface area contributed by atoms with Crippen LogP contribution in [-0.2, 0) is 9.59 Å². The Kier molecular flexibility index (Phi) is 4.71. The number of hydrogen-bond acceptors (Lipinski definition) is 2. The minimum absolute atomic E-state index is 0.0767. The Morgan fingerprint density at radius 1 is 1.25 bits per heavy atom. The Balaban J connectivity index is 1.81. The van der Waals surface area contributed by atoms with Crippen molar-refractivity contribution in [1.29, 1.82) is 0 Å². The third-order valence-electron chi connectivity index (χ3n) is 3.43. The molecule has 1 saturated carbocycles. The Morgan fingerprint density at radius 2 is 1.95 bits per heavy atom. The number of carbonyl (C=O) groups is 2. The predicted octanol–water partition coefficient (Wildman–Crippen LogP) is 2.32. The molecule has 20 heavy (non-hydrogen) atoms. The number of unbranched alkanes of at least 4 members (excludes halogenated alkanes) is 1. The van der Waals surface area contributed by atoms with Crippen LogP contribution >= 0.6 is 0 Å². The number of amides is 2. The average molecular weight is 278 g/mol. The van der Waals surface area contributed by atoms with Crippen molar-refractivity contribution in [2.45, 2.75) is 26.2 Å². The van der Waals surface area contributed by atoms with Gasteiger partial charge in [0.05, 0.1) is 17.5 Å². The smallest absolute Gasteiger partial charge is 0.228 e. The molecular formula is C15H19FN2O2. The molecule has 0 saturated heterocycles. The second-order valence-corrected chi connectivity index (χ2v) is 5.06. The largest absolute Gasteiger partial charge is 0.356 e. The molecule has 2 N–H and O–H groups in total. The summed E-state index contributed by atoms with van der Waals surface area (Å²) in [5.74, 6) is -1.43. The molecule has 1 aliphatic rings. The monoisotopic (exact) mass is 278 g/mol. The van der Waals surface area contributed by atoms with Crippen LogP contribution in [0.1, 0.15) is 26.2 Å². The number of halogens is 1. The fraction of sp³-hybridized carbons (Fsp3) is 0.467. The van der Waals surface area contributed by atoms with Crippen molar-refractivity contribution in [1.82, 2.24) is 5.32 Å². The molecule has 0 aliphatic heterocycles. The summed E-state index contributed by atoms with van der Waals surface area (Å²) in [5.41, 5.74) is 0.162. The Labute approximate surface area is 117 Å². The summed E-state index contributed by atoms with van der Waals surface area (Å²) in [7, 11) is 0. The first kappa shape index (κ1) is 14.5. The van der Waals surface area contributed by atoms with Crippen molar-refractivity contribution in [2.75, 3.05) is 11.9 Å². The molecule has 2 rings (SSSR count). The molecule has 0 heterocycles. The van der Waals surface area contributed by atoms with E-state index in [-0.39, 0.29) is 29.3 Å². The molecular weight excluding hydrogens is 259 g/mol. The van der Waals surface area contributed by atoms with Gasteiger partial charge in [-0.05, 0) is 25.0 Å². The highest BCUT2D eigenvalue weighted by Crippen LogP contribution is 2.39. The van der Waals surface area contributed by atoms with Gasteiger partial charge in [0.2, 0.25) is 11.8 Å². The standard InChI is InChI=1S/C15H19FN2O2/c1-2-3-8-17-14(19)10-9-11(10)15(20)18-13-7-5-4-6-12(13)16/h4-7,10-11H,2-3,8-9H2,1H3,(H,17,19)(H,18,20). The zero-order valence-electron chi connectivity index (χ0n) is 11.5. The summed E-state index contributed by atoms with van der Waals surface area (Å²) in [6.07, 6.45) is 2.49. The van der Waals surface area contributed by atoms with Crippen LogP contribution in [0.15, 0.2) is 24.3 Å². The van der Waals surface area contributed by atoms with E-state index in [9.17, 15) is 14.0 Å². The molecule has 2 atom stereocenters. The molecule has 0 radical (unpaired) electrons. The molecule has 0 bridgehead atoms. The molecule has 0 spiro atoms. The van der Waals surface area contributed by atoms with Crippen molar-refractivity contribution < 1.29 is 14.0 Å². The number of rotatable bonds is 6. The van der Waals surface area contributed by atoms with Gasteiger partial charge in [0.25, 0.3) is 0 Å². The fourth-order valence-electron chi connectivity index (χ4n) is 2.08. The van der Waals surface area contributed by atoms with Crippen LogP contribution in [0.25, 0.3) is 0 Å². The first-order valence-electron chi connectivity index (χ1n) is 6.96. The van der Waals surface area contributed by atoms with Gasteiger partial charge in [0, 0.05) is 6.54 Å². The van der Waals surface area contributed by atoms with E-state index in [1.165, 1.54) is 12.1 Å². The van der Waals surface area contributed by atoms with Gasteiger partial charge in [-0.3, -0.25) is 9.59 Å². The molecule has 1 fully saturated rings. The molecule has 5 heteroatoms. The lowest BCUT2D eigenvalue weighted by Gasteiger charge is -2.06. The van der Waals surface area contributed by atoms with Gasteiger partial charge < -0.3 is 10.6 Å². The van der Waals surface area contributed by atoms with E-state index in [0.717, 1.165) is 12.8 Å². The lowest BCUT2D eigenvalue weighted by atomic mass is 10.2. The Bertz CT molecular complexity index is 504. The van der Waals surface area contributed by atoms with Gasteiger partial charge in [0.1, 0.15) is 5.82 Å². The molecule has 2 amide bonds. The van der Waals surface area contributed by atoms with Crippen LogP contribution in [0.5, 0.6) is 0 Å². The van der Waals surface area contributed by atoms with E-state index < -0.39 is 5.82 Å². The number of nitrogens with one attached hydrogen (secondary N) is 2. The molecule has 2 unspecified atom stereocenters. The first-order valence-corrected chi connectivity index (χ1v) is 6.96. The van der Waals surface area contributed by atoms with Gasteiger partial charge in [-0.1, -0.05) is 25.5 Å². The summed E-state index contributed by atoms with van der Waals surface area (Å²) in [5, 5.41) is 5.34. The van der Waals surface area contributed by atoms with Crippen molar-refractivity contribution in [3.8, 4) is 0 Å². The number of carbonyl (C=O) groups excluding carboxylic acids is 2. The SMILES string of the molecule is CCCCNC(=O)C1CC1C(=O)Nc1ccccc1F. The van der Waals surface area contributed by atoms with Crippen molar-refractivity contribution in [3.05, 3.63) is 30.1 Å². The fourth-order valence-corrected chi connectivity index (χ4v) is 2.08. The highest BCUT2D eigenvalue weighted by atomic mass is 19.1. The highest BCUT2D eigenvalue weighted by Gasteiger charge is 2.47. The topological polar surface area (TPSA) is 58.2 Å². The summed E-state index contributed by atoms with van der Waals surface area (Å²) < 4.78 is 13.4. The number of anilines is 1. The quantitative estimate of drug-likeness (QED) is 0.785. The zero-order chi connectivity index (χ0) is 14.5. The van der Waals surface area contributed by atoms with E-state index in [2.05, 4.69) is 10.6 Å². The third kappa shape index (κ3) is 3.56. The minimum Gasteiger partial charge on any atom is -0.356 e. The molecule has 1 aromatic rings. The third-order valence-corrected chi connectivity index (χ3v) is 3.43. The van der Waals surface area contributed by atoms with Crippen molar-refractivity contribution >= 4 is 17.5 Å². The maximum absolute atomic E-state index is 13.4. The molecule has 4 nitrogen and oxygen atoms in total. The minimum atomic E-state index is -0.467. The van der Waals surface area contributed by atoms with E-state index in [1.54, 1.807) is 12.1 Å². The summed E-state index contributed by atoms with van der Waals surface area (Å²) in [6, 6.07) is 6.01. The second-order valence-electron chi connectivity index (χ2n) is 5.06. The highest BCUT2D eigenvalue weighted by molar-refractivity contribution is 5.99. The number of hydrogen-bond donors (Lipinski definition) is 2. The van der Waals surface area contributed by atoms with Crippen LogP contribution in [0, 0.1) is 17.7 Å². The van der Waals surface area contributed by atoms with Crippen LogP contribution < -0.4 is 10.6 Å². The molecule has 0 aromatic heterocycles. The van der Waals surface area contributed by atoms with E-state index in [0.29, 0.717) is 13.0 Å². The van der Waals surface area contributed by atoms with E-state index >= 15 is 0 Å². The zero-order valence-corrected chi connectivity index (χ0v) is 11.5. The first-order chi connectivity index (χ1) is 9.63. The maximum Gasteiger partial charge on any atom is 0.228 e. The maximum atomic E-state index is 13.4.